The fraction of sp³-hybridized carbons (Fsp3) is 0.667. The lowest BCUT2D eigenvalue weighted by atomic mass is 10.1. The molecule has 1 fully saturated rings. The van der Waals surface area contributed by atoms with Gasteiger partial charge >= 0.3 is 0 Å². The number of nitrogens with two attached hydrogens (primary N) is 1. The zero-order chi connectivity index (χ0) is 13.0. The van der Waals surface area contributed by atoms with Crippen LogP contribution in [-0.2, 0) is 0 Å². The quantitative estimate of drug-likeness (QED) is 0.640. The van der Waals surface area contributed by atoms with Gasteiger partial charge in [0.25, 0.3) is 0 Å². The van der Waals surface area contributed by atoms with Crippen molar-refractivity contribution in [1.29, 1.82) is 0 Å². The highest BCUT2D eigenvalue weighted by Gasteiger charge is 2.32. The molecule has 0 saturated heterocycles. The number of hydrogen-bond acceptors (Lipinski definition) is 6. The summed E-state index contributed by atoms with van der Waals surface area (Å²) in [6.07, 6.45) is 9.41. The molecule has 4 nitrogen and oxygen atoms in total. The molecule has 0 aliphatic heterocycles. The SMILES string of the molecule is CSc1nc(N)cc(NCC2(SC)CCCC2)n1. The summed E-state index contributed by atoms with van der Waals surface area (Å²) in [5.41, 5.74) is 5.77. The first-order valence-corrected chi connectivity index (χ1v) is 8.60. The summed E-state index contributed by atoms with van der Waals surface area (Å²) in [6.45, 7) is 0.957. The fourth-order valence-electron chi connectivity index (χ4n) is 2.35. The molecule has 0 spiro atoms. The van der Waals surface area contributed by atoms with E-state index < -0.39 is 0 Å². The first kappa shape index (κ1) is 13.8. The number of nitrogen functional groups attached to an aromatic ring is 1. The molecule has 100 valence electrons. The summed E-state index contributed by atoms with van der Waals surface area (Å²) in [5.74, 6) is 1.37. The number of hydrogen-bond donors (Lipinski definition) is 2. The molecule has 6 heteroatoms. The Morgan fingerprint density at radius 2 is 2.06 bits per heavy atom. The highest BCUT2D eigenvalue weighted by Crippen LogP contribution is 2.40. The average Bonchev–Trinajstić information content (AvgIpc) is 2.85. The second-order valence-electron chi connectivity index (χ2n) is 4.61. The van der Waals surface area contributed by atoms with Crippen LogP contribution in [0.15, 0.2) is 11.2 Å². The molecule has 2 rings (SSSR count). The summed E-state index contributed by atoms with van der Waals surface area (Å²) < 4.78 is 0.374. The van der Waals surface area contributed by atoms with Crippen LogP contribution in [0.3, 0.4) is 0 Å². The molecule has 0 amide bonds. The van der Waals surface area contributed by atoms with Gasteiger partial charge in [0.05, 0.1) is 0 Å². The van der Waals surface area contributed by atoms with E-state index in [1.54, 1.807) is 0 Å². The van der Waals surface area contributed by atoms with Gasteiger partial charge < -0.3 is 11.1 Å². The van der Waals surface area contributed by atoms with Crippen LogP contribution in [0.4, 0.5) is 11.6 Å². The minimum atomic E-state index is 0.374. The Morgan fingerprint density at radius 3 is 2.67 bits per heavy atom. The molecule has 0 aromatic carbocycles. The molecule has 0 bridgehead atoms. The van der Waals surface area contributed by atoms with Crippen molar-refractivity contribution in [3.8, 4) is 0 Å². The molecular weight excluding hydrogens is 264 g/mol. The largest absolute Gasteiger partial charge is 0.383 e. The first-order chi connectivity index (χ1) is 8.67. The van der Waals surface area contributed by atoms with Gasteiger partial charge in [0.15, 0.2) is 5.16 Å². The summed E-state index contributed by atoms with van der Waals surface area (Å²) in [6, 6.07) is 1.81. The van der Waals surface area contributed by atoms with Gasteiger partial charge in [-0.3, -0.25) is 0 Å². The molecule has 0 radical (unpaired) electrons. The zero-order valence-electron chi connectivity index (χ0n) is 10.9. The van der Waals surface area contributed by atoms with E-state index in [0.29, 0.717) is 10.6 Å². The molecule has 1 heterocycles. The Hall–Kier alpha value is -0.620. The van der Waals surface area contributed by atoms with Crippen molar-refractivity contribution in [3.63, 3.8) is 0 Å². The second kappa shape index (κ2) is 6.02. The van der Waals surface area contributed by atoms with E-state index in [2.05, 4.69) is 21.5 Å². The summed E-state index contributed by atoms with van der Waals surface area (Å²) in [4.78, 5) is 8.58. The van der Waals surface area contributed by atoms with Crippen LogP contribution >= 0.6 is 23.5 Å². The number of nitrogens with one attached hydrogen (secondary N) is 1. The lowest BCUT2D eigenvalue weighted by Gasteiger charge is -2.27. The first-order valence-electron chi connectivity index (χ1n) is 6.15. The third-order valence-electron chi connectivity index (χ3n) is 3.45. The maximum atomic E-state index is 5.77. The average molecular weight is 284 g/mol. The predicted molar refractivity (Wildman–Crippen MR) is 81.4 cm³/mol. The summed E-state index contributed by atoms with van der Waals surface area (Å²) in [7, 11) is 0. The van der Waals surface area contributed by atoms with Crippen LogP contribution in [0, 0.1) is 0 Å². The van der Waals surface area contributed by atoms with Gasteiger partial charge in [-0.15, -0.1) is 0 Å². The Kier molecular flexibility index (Phi) is 4.61. The second-order valence-corrected chi connectivity index (χ2v) is 6.66. The lowest BCUT2D eigenvalue weighted by molar-refractivity contribution is 0.638. The van der Waals surface area contributed by atoms with Crippen molar-refractivity contribution in [2.24, 2.45) is 0 Å². The van der Waals surface area contributed by atoms with Gasteiger partial charge in [-0.25, -0.2) is 9.97 Å². The molecular formula is C12H20N4S2. The van der Waals surface area contributed by atoms with Gasteiger partial charge in [0.2, 0.25) is 0 Å². The molecule has 1 aromatic rings. The van der Waals surface area contributed by atoms with E-state index in [4.69, 9.17) is 5.73 Å². The van der Waals surface area contributed by atoms with Gasteiger partial charge in [-0.1, -0.05) is 24.6 Å². The zero-order valence-corrected chi connectivity index (χ0v) is 12.5. The number of rotatable bonds is 5. The maximum absolute atomic E-state index is 5.77. The van der Waals surface area contributed by atoms with Crippen LogP contribution < -0.4 is 11.1 Å². The van der Waals surface area contributed by atoms with E-state index in [9.17, 15) is 0 Å². The van der Waals surface area contributed by atoms with Crippen molar-refractivity contribution in [3.05, 3.63) is 6.07 Å². The predicted octanol–water partition coefficient (Wildman–Crippen LogP) is 2.87. The lowest BCUT2D eigenvalue weighted by Crippen LogP contribution is -2.30. The molecule has 3 N–H and O–H groups in total. The Balaban J connectivity index is 2.03. The maximum Gasteiger partial charge on any atom is 0.191 e. The summed E-state index contributed by atoms with van der Waals surface area (Å²) in [5, 5.41) is 4.15. The van der Waals surface area contributed by atoms with Gasteiger partial charge in [0.1, 0.15) is 11.6 Å². The third-order valence-corrected chi connectivity index (χ3v) is 5.41. The molecule has 1 aromatic heterocycles. The number of thioether (sulfide) groups is 2. The topological polar surface area (TPSA) is 63.8 Å². The van der Waals surface area contributed by atoms with E-state index >= 15 is 0 Å². The van der Waals surface area contributed by atoms with Crippen molar-refractivity contribution < 1.29 is 0 Å². The van der Waals surface area contributed by atoms with Gasteiger partial charge in [0, 0.05) is 17.4 Å². The highest BCUT2D eigenvalue weighted by molar-refractivity contribution is 8.00. The Labute approximate surface area is 117 Å². The highest BCUT2D eigenvalue weighted by atomic mass is 32.2. The Bertz CT molecular complexity index is 405. The molecule has 18 heavy (non-hydrogen) atoms. The van der Waals surface area contributed by atoms with Crippen LogP contribution in [0.25, 0.3) is 0 Å². The standard InChI is InChI=1S/C12H20N4S2/c1-17-11-15-9(13)7-10(16-11)14-8-12(18-2)5-3-4-6-12/h7H,3-6,8H2,1-2H3,(H3,13,14,15,16). The van der Waals surface area contributed by atoms with E-state index in [1.165, 1.54) is 37.4 Å². The van der Waals surface area contributed by atoms with Crippen LogP contribution in [-0.4, -0.2) is 33.8 Å². The third kappa shape index (κ3) is 3.23. The van der Waals surface area contributed by atoms with Crippen LogP contribution in [0.2, 0.25) is 0 Å². The Morgan fingerprint density at radius 1 is 1.33 bits per heavy atom. The minimum absolute atomic E-state index is 0.374. The molecule has 1 saturated carbocycles. The molecule has 0 unspecified atom stereocenters. The monoisotopic (exact) mass is 284 g/mol. The minimum Gasteiger partial charge on any atom is -0.383 e. The van der Waals surface area contributed by atoms with Crippen molar-refractivity contribution in [2.45, 2.75) is 35.6 Å². The number of anilines is 2. The number of aromatic nitrogens is 2. The van der Waals surface area contributed by atoms with Crippen molar-refractivity contribution >= 4 is 35.2 Å². The van der Waals surface area contributed by atoms with E-state index in [1.807, 2.05) is 24.1 Å². The molecule has 1 aliphatic carbocycles. The van der Waals surface area contributed by atoms with Crippen LogP contribution in [0.1, 0.15) is 25.7 Å². The van der Waals surface area contributed by atoms with Crippen LogP contribution in [0.5, 0.6) is 0 Å². The van der Waals surface area contributed by atoms with Gasteiger partial charge in [-0.05, 0) is 25.4 Å². The van der Waals surface area contributed by atoms with Gasteiger partial charge in [-0.2, -0.15) is 11.8 Å². The smallest absolute Gasteiger partial charge is 0.191 e. The molecule has 1 aliphatic rings. The van der Waals surface area contributed by atoms with Crippen molar-refractivity contribution in [2.75, 3.05) is 30.1 Å². The normalized spacial score (nSPS) is 17.9. The summed E-state index contributed by atoms with van der Waals surface area (Å²) >= 11 is 3.48. The van der Waals surface area contributed by atoms with E-state index in [0.717, 1.165) is 17.5 Å². The molecule has 0 atom stereocenters. The van der Waals surface area contributed by atoms with E-state index in [-0.39, 0.29) is 0 Å². The fourth-order valence-corrected chi connectivity index (χ4v) is 3.65. The van der Waals surface area contributed by atoms with Crippen molar-refractivity contribution in [1.82, 2.24) is 9.97 Å². The number of nitrogens with zero attached hydrogens (tertiary/aromatic N) is 2.